The standard InChI is InChI=1S/C9H11N3O2/c13-9(8-2-10-5-14-8)12-3-6-1-7(4-12)11-6/h2,5-7,11H,1,3-4H2. The Bertz CT molecular complexity index is 333. The van der Waals surface area contributed by atoms with Gasteiger partial charge in [0, 0.05) is 25.2 Å². The van der Waals surface area contributed by atoms with E-state index < -0.39 is 0 Å². The molecule has 1 amide bonds. The zero-order valence-electron chi connectivity index (χ0n) is 7.64. The minimum atomic E-state index is -0.0429. The molecule has 0 aromatic carbocycles. The van der Waals surface area contributed by atoms with Crippen LogP contribution in [0.3, 0.4) is 0 Å². The first-order chi connectivity index (χ1) is 6.83. The van der Waals surface area contributed by atoms with Gasteiger partial charge in [-0.25, -0.2) is 4.98 Å². The SMILES string of the molecule is O=C(c1cnco1)N1CC2CC(C1)N2. The smallest absolute Gasteiger partial charge is 0.291 e. The van der Waals surface area contributed by atoms with Gasteiger partial charge in [0.2, 0.25) is 5.76 Å². The van der Waals surface area contributed by atoms with E-state index >= 15 is 0 Å². The van der Waals surface area contributed by atoms with Gasteiger partial charge in [0.1, 0.15) is 0 Å². The predicted octanol–water partition coefficient (Wildman–Crippen LogP) is -0.139. The van der Waals surface area contributed by atoms with Crippen molar-refractivity contribution in [2.45, 2.75) is 18.5 Å². The lowest BCUT2D eigenvalue weighted by molar-refractivity contribution is 0.0445. The molecule has 1 aromatic rings. The Kier molecular flexibility index (Phi) is 1.61. The summed E-state index contributed by atoms with van der Waals surface area (Å²) in [5.41, 5.74) is 0. The second kappa shape index (κ2) is 2.81. The van der Waals surface area contributed by atoms with Gasteiger partial charge in [0.25, 0.3) is 5.91 Å². The van der Waals surface area contributed by atoms with Gasteiger partial charge in [-0.15, -0.1) is 0 Å². The quantitative estimate of drug-likeness (QED) is 0.674. The molecule has 5 heteroatoms. The maximum absolute atomic E-state index is 11.8. The summed E-state index contributed by atoms with van der Waals surface area (Å²) >= 11 is 0. The van der Waals surface area contributed by atoms with Gasteiger partial charge in [-0.1, -0.05) is 0 Å². The van der Waals surface area contributed by atoms with Gasteiger partial charge in [-0.3, -0.25) is 4.79 Å². The summed E-state index contributed by atoms with van der Waals surface area (Å²) in [5.74, 6) is 0.296. The number of fused-ring (bicyclic) bond motifs is 2. The summed E-state index contributed by atoms with van der Waals surface area (Å²) < 4.78 is 4.98. The number of piperidine rings is 1. The third kappa shape index (κ3) is 1.13. The number of aromatic nitrogens is 1. The number of amides is 1. The van der Waals surface area contributed by atoms with Crippen molar-refractivity contribution in [3.63, 3.8) is 0 Å². The van der Waals surface area contributed by atoms with Crippen molar-refractivity contribution in [2.24, 2.45) is 0 Å². The van der Waals surface area contributed by atoms with Crippen LogP contribution in [-0.2, 0) is 0 Å². The summed E-state index contributed by atoms with van der Waals surface area (Å²) in [6.45, 7) is 1.58. The van der Waals surface area contributed by atoms with Gasteiger partial charge in [-0.2, -0.15) is 0 Å². The van der Waals surface area contributed by atoms with Crippen LogP contribution < -0.4 is 5.32 Å². The topological polar surface area (TPSA) is 58.4 Å². The van der Waals surface area contributed by atoms with E-state index in [1.807, 2.05) is 4.90 Å². The Morgan fingerprint density at radius 2 is 2.29 bits per heavy atom. The van der Waals surface area contributed by atoms with Crippen LogP contribution in [0.15, 0.2) is 17.0 Å². The summed E-state index contributed by atoms with van der Waals surface area (Å²) in [5, 5.41) is 3.37. The van der Waals surface area contributed by atoms with Crippen molar-refractivity contribution in [3.8, 4) is 0 Å². The van der Waals surface area contributed by atoms with Gasteiger partial charge < -0.3 is 14.6 Å². The third-order valence-electron chi connectivity index (χ3n) is 2.85. The van der Waals surface area contributed by atoms with Gasteiger partial charge >= 0.3 is 0 Å². The van der Waals surface area contributed by atoms with Crippen LogP contribution in [0.25, 0.3) is 0 Å². The normalized spacial score (nSPS) is 29.9. The Hall–Kier alpha value is -1.36. The summed E-state index contributed by atoms with van der Waals surface area (Å²) in [7, 11) is 0. The molecule has 4 rings (SSSR count). The highest BCUT2D eigenvalue weighted by molar-refractivity contribution is 5.91. The number of hydrogen-bond donors (Lipinski definition) is 1. The number of hydrogen-bond acceptors (Lipinski definition) is 4. The second-order valence-electron chi connectivity index (χ2n) is 3.87. The van der Waals surface area contributed by atoms with Crippen molar-refractivity contribution >= 4 is 5.91 Å². The van der Waals surface area contributed by atoms with E-state index in [0.717, 1.165) is 13.1 Å². The lowest BCUT2D eigenvalue weighted by atomic mass is 9.91. The fourth-order valence-electron chi connectivity index (χ4n) is 2.16. The fourth-order valence-corrected chi connectivity index (χ4v) is 2.16. The Morgan fingerprint density at radius 1 is 1.57 bits per heavy atom. The Balaban J connectivity index is 1.74. The molecule has 1 aromatic heterocycles. The molecule has 14 heavy (non-hydrogen) atoms. The van der Waals surface area contributed by atoms with E-state index in [0.29, 0.717) is 17.8 Å². The zero-order valence-corrected chi connectivity index (χ0v) is 7.64. The van der Waals surface area contributed by atoms with Crippen LogP contribution >= 0.6 is 0 Å². The second-order valence-corrected chi connectivity index (χ2v) is 3.87. The minimum Gasteiger partial charge on any atom is -0.438 e. The highest BCUT2D eigenvalue weighted by atomic mass is 16.3. The van der Waals surface area contributed by atoms with E-state index in [1.165, 1.54) is 19.0 Å². The first kappa shape index (κ1) is 7.99. The first-order valence-corrected chi connectivity index (χ1v) is 4.77. The molecule has 3 aliphatic rings. The van der Waals surface area contributed by atoms with Crippen LogP contribution in [0.2, 0.25) is 0 Å². The Labute approximate surface area is 81.1 Å². The number of carbonyl (C=O) groups is 1. The van der Waals surface area contributed by atoms with Crippen LogP contribution in [0.1, 0.15) is 17.0 Å². The summed E-state index contributed by atoms with van der Waals surface area (Å²) in [6, 6.07) is 0.973. The molecule has 2 bridgehead atoms. The predicted molar refractivity (Wildman–Crippen MR) is 47.7 cm³/mol. The van der Waals surface area contributed by atoms with Crippen molar-refractivity contribution in [1.82, 2.24) is 15.2 Å². The van der Waals surface area contributed by atoms with Crippen molar-refractivity contribution in [1.29, 1.82) is 0 Å². The molecular formula is C9H11N3O2. The van der Waals surface area contributed by atoms with Crippen LogP contribution in [0.4, 0.5) is 0 Å². The van der Waals surface area contributed by atoms with Gasteiger partial charge in [-0.05, 0) is 6.42 Å². The summed E-state index contributed by atoms with van der Waals surface area (Å²) in [4.78, 5) is 17.4. The number of rotatable bonds is 1. The number of carbonyl (C=O) groups excluding carboxylic acids is 1. The molecule has 3 saturated heterocycles. The average Bonchev–Trinajstić information content (AvgIpc) is 2.68. The van der Waals surface area contributed by atoms with E-state index in [-0.39, 0.29) is 5.91 Å². The van der Waals surface area contributed by atoms with E-state index in [1.54, 1.807) is 0 Å². The zero-order chi connectivity index (χ0) is 9.54. The molecule has 4 heterocycles. The molecule has 2 atom stereocenters. The maximum atomic E-state index is 11.8. The monoisotopic (exact) mass is 193 g/mol. The highest BCUT2D eigenvalue weighted by Gasteiger charge is 2.38. The van der Waals surface area contributed by atoms with E-state index in [4.69, 9.17) is 4.42 Å². The molecule has 5 nitrogen and oxygen atoms in total. The van der Waals surface area contributed by atoms with E-state index in [2.05, 4.69) is 10.3 Å². The molecular weight excluding hydrogens is 182 g/mol. The number of oxazole rings is 1. The maximum Gasteiger partial charge on any atom is 0.291 e. The first-order valence-electron chi connectivity index (χ1n) is 4.77. The molecule has 0 saturated carbocycles. The van der Waals surface area contributed by atoms with Crippen molar-refractivity contribution < 1.29 is 9.21 Å². The number of nitrogens with one attached hydrogen (secondary N) is 1. The molecule has 74 valence electrons. The number of piperazine rings is 1. The van der Waals surface area contributed by atoms with Crippen molar-refractivity contribution in [3.05, 3.63) is 18.4 Å². The molecule has 0 spiro atoms. The average molecular weight is 193 g/mol. The van der Waals surface area contributed by atoms with Gasteiger partial charge in [0.05, 0.1) is 6.20 Å². The van der Waals surface area contributed by atoms with Crippen LogP contribution in [-0.4, -0.2) is 41.0 Å². The summed E-state index contributed by atoms with van der Waals surface area (Å²) in [6.07, 6.45) is 3.95. The largest absolute Gasteiger partial charge is 0.438 e. The molecule has 3 fully saturated rings. The third-order valence-corrected chi connectivity index (χ3v) is 2.85. The van der Waals surface area contributed by atoms with Crippen LogP contribution in [0, 0.1) is 0 Å². The lowest BCUT2D eigenvalue weighted by Gasteiger charge is -2.47. The molecule has 3 aliphatic heterocycles. The molecule has 2 unspecified atom stereocenters. The van der Waals surface area contributed by atoms with E-state index in [9.17, 15) is 4.79 Å². The van der Waals surface area contributed by atoms with Crippen LogP contribution in [0.5, 0.6) is 0 Å². The fraction of sp³-hybridized carbons (Fsp3) is 0.556. The molecule has 1 N–H and O–H groups in total. The minimum absolute atomic E-state index is 0.0429. The highest BCUT2D eigenvalue weighted by Crippen LogP contribution is 2.22. The van der Waals surface area contributed by atoms with Gasteiger partial charge in [0.15, 0.2) is 6.39 Å². The lowest BCUT2D eigenvalue weighted by Crippen LogP contribution is -2.67. The molecule has 0 radical (unpaired) electrons. The Morgan fingerprint density at radius 3 is 2.86 bits per heavy atom. The molecule has 0 aliphatic carbocycles. The van der Waals surface area contributed by atoms with Crippen molar-refractivity contribution in [2.75, 3.05) is 13.1 Å². The number of nitrogens with zero attached hydrogens (tertiary/aromatic N) is 2.